The summed E-state index contributed by atoms with van der Waals surface area (Å²) in [5.74, 6) is 0. The molecule has 0 fully saturated rings. The predicted octanol–water partition coefficient (Wildman–Crippen LogP) is 2.25. The van der Waals surface area contributed by atoms with Gasteiger partial charge in [-0.15, -0.1) is 0 Å². The lowest BCUT2D eigenvalue weighted by Gasteiger charge is -2.02. The first-order valence-corrected chi connectivity index (χ1v) is 4.77. The average molecular weight is 219 g/mol. The predicted molar refractivity (Wildman–Crippen MR) is 58.9 cm³/mol. The second-order valence-corrected chi connectivity index (χ2v) is 3.56. The van der Waals surface area contributed by atoms with Crippen LogP contribution in [0, 0.1) is 11.3 Å². The first-order valence-electron chi connectivity index (χ1n) is 4.40. The van der Waals surface area contributed by atoms with Crippen molar-refractivity contribution in [3.8, 4) is 6.07 Å². The molecule has 0 spiro atoms. The van der Waals surface area contributed by atoms with E-state index in [1.807, 2.05) is 6.07 Å². The van der Waals surface area contributed by atoms with E-state index in [2.05, 4.69) is 4.98 Å². The standard InChI is InChI=1S/C11H7ClN2O/c12-9-3-1-2-8-10(15)6-7(4-5-13)14-11(8)9/h1-3,6H,4H2,(H,14,15). The number of fused-ring (bicyclic) bond motifs is 1. The lowest BCUT2D eigenvalue weighted by atomic mass is 10.2. The van der Waals surface area contributed by atoms with Crippen LogP contribution in [0.2, 0.25) is 5.02 Å². The summed E-state index contributed by atoms with van der Waals surface area (Å²) in [5, 5.41) is 9.58. The Balaban J connectivity index is 2.81. The summed E-state index contributed by atoms with van der Waals surface area (Å²) in [5.41, 5.74) is 1.07. The minimum Gasteiger partial charge on any atom is -0.356 e. The van der Waals surface area contributed by atoms with Crippen molar-refractivity contribution in [1.29, 1.82) is 5.26 Å². The number of benzene rings is 1. The number of aromatic amines is 1. The third-order valence-electron chi connectivity index (χ3n) is 2.14. The highest BCUT2D eigenvalue weighted by Crippen LogP contribution is 2.18. The maximum atomic E-state index is 11.6. The van der Waals surface area contributed by atoms with Crippen molar-refractivity contribution < 1.29 is 0 Å². The molecule has 1 aromatic heterocycles. The summed E-state index contributed by atoms with van der Waals surface area (Å²) >= 11 is 5.95. The largest absolute Gasteiger partial charge is 0.356 e. The number of H-pyrrole nitrogens is 1. The van der Waals surface area contributed by atoms with E-state index in [1.165, 1.54) is 6.07 Å². The third kappa shape index (κ3) is 1.72. The number of pyridine rings is 1. The van der Waals surface area contributed by atoms with Crippen LogP contribution < -0.4 is 5.43 Å². The van der Waals surface area contributed by atoms with E-state index in [0.29, 0.717) is 21.6 Å². The summed E-state index contributed by atoms with van der Waals surface area (Å²) in [6.45, 7) is 0. The SMILES string of the molecule is N#CCc1cc(=O)c2cccc(Cl)c2[nH]1. The average Bonchev–Trinajstić information content (AvgIpc) is 2.20. The molecular weight excluding hydrogens is 212 g/mol. The fourth-order valence-electron chi connectivity index (χ4n) is 1.47. The highest BCUT2D eigenvalue weighted by atomic mass is 35.5. The molecule has 4 heteroatoms. The fourth-order valence-corrected chi connectivity index (χ4v) is 1.69. The van der Waals surface area contributed by atoms with E-state index < -0.39 is 0 Å². The van der Waals surface area contributed by atoms with Gasteiger partial charge in [0.05, 0.1) is 23.0 Å². The summed E-state index contributed by atoms with van der Waals surface area (Å²) in [6, 6.07) is 8.55. The molecule has 0 aliphatic carbocycles. The quantitative estimate of drug-likeness (QED) is 0.798. The molecule has 74 valence electrons. The van der Waals surface area contributed by atoms with E-state index in [-0.39, 0.29) is 11.8 Å². The van der Waals surface area contributed by atoms with Gasteiger partial charge in [-0.25, -0.2) is 0 Å². The maximum Gasteiger partial charge on any atom is 0.189 e. The summed E-state index contributed by atoms with van der Waals surface area (Å²) in [4.78, 5) is 14.6. The number of hydrogen-bond acceptors (Lipinski definition) is 2. The van der Waals surface area contributed by atoms with Crippen LogP contribution >= 0.6 is 11.6 Å². The topological polar surface area (TPSA) is 56.6 Å². The van der Waals surface area contributed by atoms with E-state index in [9.17, 15) is 4.79 Å². The van der Waals surface area contributed by atoms with Crippen molar-refractivity contribution in [2.75, 3.05) is 0 Å². The molecule has 2 aromatic rings. The molecule has 1 aromatic carbocycles. The van der Waals surface area contributed by atoms with Crippen molar-refractivity contribution in [1.82, 2.24) is 4.98 Å². The van der Waals surface area contributed by atoms with E-state index in [4.69, 9.17) is 16.9 Å². The Morgan fingerprint density at radius 3 is 3.00 bits per heavy atom. The molecule has 0 saturated heterocycles. The minimum atomic E-state index is -0.114. The number of halogens is 1. The van der Waals surface area contributed by atoms with Crippen LogP contribution in [0.15, 0.2) is 29.1 Å². The lowest BCUT2D eigenvalue weighted by Crippen LogP contribution is -2.04. The molecule has 3 nitrogen and oxygen atoms in total. The molecule has 0 atom stereocenters. The monoisotopic (exact) mass is 218 g/mol. The van der Waals surface area contributed by atoms with Gasteiger partial charge in [-0.1, -0.05) is 17.7 Å². The summed E-state index contributed by atoms with van der Waals surface area (Å²) in [7, 11) is 0. The summed E-state index contributed by atoms with van der Waals surface area (Å²) < 4.78 is 0. The molecule has 0 aliphatic rings. The molecule has 0 unspecified atom stereocenters. The van der Waals surface area contributed by atoms with Crippen LogP contribution in [0.25, 0.3) is 10.9 Å². The van der Waals surface area contributed by atoms with Gasteiger partial charge in [0.1, 0.15) is 0 Å². The molecule has 1 N–H and O–H groups in total. The number of para-hydroxylation sites is 1. The number of nitrogens with zero attached hydrogens (tertiary/aromatic N) is 1. The van der Waals surface area contributed by atoms with Crippen LogP contribution in [-0.2, 0) is 6.42 Å². The molecule has 0 amide bonds. The Morgan fingerprint density at radius 2 is 2.27 bits per heavy atom. The second-order valence-electron chi connectivity index (χ2n) is 3.16. The van der Waals surface area contributed by atoms with Crippen LogP contribution in [0.5, 0.6) is 0 Å². The molecule has 0 saturated carbocycles. The fraction of sp³-hybridized carbons (Fsp3) is 0.0909. The van der Waals surface area contributed by atoms with Gasteiger partial charge in [-0.05, 0) is 12.1 Å². The molecule has 1 heterocycles. The van der Waals surface area contributed by atoms with Crippen molar-refractivity contribution in [2.45, 2.75) is 6.42 Å². The Bertz CT molecular complexity index is 610. The maximum absolute atomic E-state index is 11.6. The highest BCUT2D eigenvalue weighted by molar-refractivity contribution is 6.35. The number of hydrogen-bond donors (Lipinski definition) is 1. The Kier molecular flexibility index (Phi) is 2.44. The Morgan fingerprint density at radius 1 is 1.47 bits per heavy atom. The summed E-state index contributed by atoms with van der Waals surface area (Å²) in [6.07, 6.45) is 0.177. The van der Waals surface area contributed by atoms with Gasteiger partial charge >= 0.3 is 0 Å². The smallest absolute Gasteiger partial charge is 0.189 e. The van der Waals surface area contributed by atoms with Gasteiger partial charge in [0.2, 0.25) is 0 Å². The van der Waals surface area contributed by atoms with Crippen molar-refractivity contribution in [3.05, 3.63) is 45.2 Å². The first-order chi connectivity index (χ1) is 7.22. The van der Waals surface area contributed by atoms with E-state index >= 15 is 0 Å². The molecule has 0 bridgehead atoms. The van der Waals surface area contributed by atoms with Gasteiger partial charge in [-0.2, -0.15) is 5.26 Å². The number of nitrogens with one attached hydrogen (secondary N) is 1. The normalized spacial score (nSPS) is 10.1. The number of aromatic nitrogens is 1. The molecule has 15 heavy (non-hydrogen) atoms. The Hall–Kier alpha value is -1.79. The van der Waals surface area contributed by atoms with Crippen molar-refractivity contribution in [3.63, 3.8) is 0 Å². The minimum absolute atomic E-state index is 0.114. The van der Waals surface area contributed by atoms with Gasteiger partial charge in [0.25, 0.3) is 0 Å². The first kappa shape index (κ1) is 9.75. The zero-order chi connectivity index (χ0) is 10.8. The van der Waals surface area contributed by atoms with Crippen molar-refractivity contribution >= 4 is 22.5 Å². The Labute approximate surface area is 90.9 Å². The van der Waals surface area contributed by atoms with Gasteiger partial charge in [0, 0.05) is 17.1 Å². The zero-order valence-corrected chi connectivity index (χ0v) is 8.51. The lowest BCUT2D eigenvalue weighted by molar-refractivity contribution is 1.14. The van der Waals surface area contributed by atoms with Crippen LogP contribution in [0.4, 0.5) is 0 Å². The van der Waals surface area contributed by atoms with E-state index in [0.717, 1.165) is 0 Å². The highest BCUT2D eigenvalue weighted by Gasteiger charge is 2.04. The van der Waals surface area contributed by atoms with Gasteiger partial charge < -0.3 is 4.98 Å². The van der Waals surface area contributed by atoms with Crippen molar-refractivity contribution in [2.24, 2.45) is 0 Å². The second kappa shape index (κ2) is 3.76. The molecular formula is C11H7ClN2O. The van der Waals surface area contributed by atoms with Crippen LogP contribution in [-0.4, -0.2) is 4.98 Å². The number of rotatable bonds is 1. The van der Waals surface area contributed by atoms with Crippen LogP contribution in [0.1, 0.15) is 5.69 Å². The van der Waals surface area contributed by atoms with E-state index in [1.54, 1.807) is 18.2 Å². The number of nitriles is 1. The molecule has 0 radical (unpaired) electrons. The molecule has 0 aliphatic heterocycles. The van der Waals surface area contributed by atoms with Gasteiger partial charge in [-0.3, -0.25) is 4.79 Å². The van der Waals surface area contributed by atoms with Gasteiger partial charge in [0.15, 0.2) is 5.43 Å². The molecule has 2 rings (SSSR count). The van der Waals surface area contributed by atoms with Crippen LogP contribution in [0.3, 0.4) is 0 Å². The zero-order valence-electron chi connectivity index (χ0n) is 7.75. The third-order valence-corrected chi connectivity index (χ3v) is 2.45.